The molecule has 0 spiro atoms. The van der Waals surface area contributed by atoms with Gasteiger partial charge in [-0.25, -0.2) is 0 Å². The number of phosphoric ester groups is 1. The quantitative estimate of drug-likeness (QED) is 0.0473. The van der Waals surface area contributed by atoms with E-state index in [2.05, 4.69) is 13.8 Å². The first-order chi connectivity index (χ1) is 20.1. The van der Waals surface area contributed by atoms with Crippen molar-refractivity contribution in [2.24, 2.45) is 0 Å². The molecule has 6 heteroatoms. The number of hydrogen-bond acceptors (Lipinski definition) is 4. The molecule has 0 bridgehead atoms. The Hall–Kier alpha value is 1.46. The molecule has 0 atom stereocenters. The van der Waals surface area contributed by atoms with Gasteiger partial charge in [0.25, 0.3) is 7.82 Å². The Labute approximate surface area is 297 Å². The van der Waals surface area contributed by atoms with Gasteiger partial charge in [-0.2, -0.15) is 0 Å². The fourth-order valence-corrected chi connectivity index (χ4v) is 6.47. The van der Waals surface area contributed by atoms with E-state index in [0.29, 0.717) is 0 Å². The molecule has 0 heterocycles. The summed E-state index contributed by atoms with van der Waals surface area (Å²) in [5.74, 6) is 0. The molecule has 0 aliphatic heterocycles. The van der Waals surface area contributed by atoms with Crippen molar-refractivity contribution >= 4 is 7.82 Å². The summed E-state index contributed by atoms with van der Waals surface area (Å²) in [5.41, 5.74) is 0. The molecular formula is C36H74NdO4P+2. The van der Waals surface area contributed by atoms with Crippen LogP contribution in [-0.2, 0) is 13.6 Å². The van der Waals surface area contributed by atoms with Crippen molar-refractivity contribution < 1.29 is 59.3 Å². The van der Waals surface area contributed by atoms with Crippen LogP contribution in [0.3, 0.4) is 0 Å². The van der Waals surface area contributed by atoms with Gasteiger partial charge in [0, 0.05) is 0 Å². The maximum Gasteiger partial charge on any atom is 3.00 e. The van der Waals surface area contributed by atoms with Crippen molar-refractivity contribution in [1.82, 2.24) is 0 Å². The molecule has 0 rings (SSSR count). The normalized spacial score (nSPS) is 11.7. The summed E-state index contributed by atoms with van der Waals surface area (Å²) >= 11 is 0. The molecule has 0 amide bonds. The van der Waals surface area contributed by atoms with Crippen LogP contribution >= 0.6 is 7.82 Å². The first-order valence-corrected chi connectivity index (χ1v) is 20.2. The average Bonchev–Trinajstić information content (AvgIpc) is 2.96. The van der Waals surface area contributed by atoms with E-state index in [1.165, 1.54) is 180 Å². The van der Waals surface area contributed by atoms with Crippen LogP contribution in [0.5, 0.6) is 0 Å². The van der Waals surface area contributed by atoms with E-state index in [4.69, 9.17) is 9.05 Å². The monoisotopic (exact) mass is 743 g/mol. The van der Waals surface area contributed by atoms with Crippen LogP contribution in [0, 0.1) is 40.8 Å². The van der Waals surface area contributed by atoms with Crippen molar-refractivity contribution in [3.05, 3.63) is 0 Å². The molecule has 0 aromatic carbocycles. The molecule has 0 aliphatic rings. The molecule has 249 valence electrons. The molecule has 0 N–H and O–H groups in total. The summed E-state index contributed by atoms with van der Waals surface area (Å²) in [6.07, 6.45) is 41.9. The Balaban J connectivity index is 0. The minimum absolute atomic E-state index is 0. The standard InChI is InChI=1S/C36H75O4P.Nd/c1-3-5-7-9-11-13-15-17-19-21-23-25-27-29-31-33-35-39-41(37,38)40-36-34-32-30-28-26-24-22-20-18-16-14-12-10-8-6-4-2;/h3-36H2,1-2H3,(H,37,38);/q;+3/p-1. The molecule has 42 heavy (non-hydrogen) atoms. The first kappa shape index (κ1) is 45.6. The summed E-state index contributed by atoms with van der Waals surface area (Å²) in [5, 5.41) is 0. The molecule has 1 radical (unpaired) electrons. The molecule has 0 fully saturated rings. The Morgan fingerprint density at radius 2 is 0.524 bits per heavy atom. The summed E-state index contributed by atoms with van der Waals surface area (Å²) in [4.78, 5) is 11.9. The topological polar surface area (TPSA) is 58.6 Å². The first-order valence-electron chi connectivity index (χ1n) is 18.7. The van der Waals surface area contributed by atoms with Gasteiger partial charge >= 0.3 is 40.8 Å². The maximum atomic E-state index is 11.9. The molecule has 0 aromatic heterocycles. The minimum atomic E-state index is -4.12. The van der Waals surface area contributed by atoms with Crippen LogP contribution in [0.2, 0.25) is 0 Å². The van der Waals surface area contributed by atoms with Gasteiger partial charge in [0.15, 0.2) is 0 Å². The van der Waals surface area contributed by atoms with E-state index in [1.807, 2.05) is 0 Å². The van der Waals surface area contributed by atoms with Gasteiger partial charge in [-0.15, -0.1) is 0 Å². The van der Waals surface area contributed by atoms with Crippen LogP contribution in [0.15, 0.2) is 0 Å². The van der Waals surface area contributed by atoms with E-state index in [-0.39, 0.29) is 54.1 Å². The molecular weight excluding hydrogens is 672 g/mol. The minimum Gasteiger partial charge on any atom is -0.756 e. The molecule has 0 aliphatic carbocycles. The fourth-order valence-electron chi connectivity index (χ4n) is 5.69. The van der Waals surface area contributed by atoms with Crippen LogP contribution < -0.4 is 4.89 Å². The van der Waals surface area contributed by atoms with Crippen molar-refractivity contribution in [2.75, 3.05) is 13.2 Å². The number of rotatable bonds is 36. The van der Waals surface area contributed by atoms with Crippen LogP contribution in [0.1, 0.15) is 219 Å². The smallest absolute Gasteiger partial charge is 0.756 e. The van der Waals surface area contributed by atoms with E-state index in [9.17, 15) is 9.46 Å². The second-order valence-corrected chi connectivity index (χ2v) is 14.1. The van der Waals surface area contributed by atoms with Gasteiger partial charge in [-0.1, -0.05) is 206 Å². The third-order valence-electron chi connectivity index (χ3n) is 8.49. The van der Waals surface area contributed by atoms with Gasteiger partial charge in [-0.05, 0) is 12.8 Å². The Morgan fingerprint density at radius 3 is 0.714 bits per heavy atom. The molecule has 0 saturated heterocycles. The van der Waals surface area contributed by atoms with Crippen LogP contribution in [-0.4, -0.2) is 13.2 Å². The van der Waals surface area contributed by atoms with Gasteiger partial charge in [0.1, 0.15) is 0 Å². The molecule has 4 nitrogen and oxygen atoms in total. The average molecular weight is 746 g/mol. The predicted octanol–water partition coefficient (Wildman–Crippen LogP) is 13.0. The van der Waals surface area contributed by atoms with E-state index in [1.54, 1.807) is 0 Å². The Kier molecular flexibility index (Phi) is 41.9. The third kappa shape index (κ3) is 39.5. The van der Waals surface area contributed by atoms with Crippen LogP contribution in [0.25, 0.3) is 0 Å². The maximum absolute atomic E-state index is 11.9. The Bertz CT molecular complexity index is 493. The number of phosphoric acid groups is 1. The zero-order chi connectivity index (χ0) is 30.0. The number of hydrogen-bond donors (Lipinski definition) is 0. The predicted molar refractivity (Wildman–Crippen MR) is 179 cm³/mol. The van der Waals surface area contributed by atoms with Gasteiger partial charge < -0.3 is 13.9 Å². The second kappa shape index (κ2) is 38.6. The third-order valence-corrected chi connectivity index (χ3v) is 9.49. The molecule has 0 aromatic rings. The van der Waals surface area contributed by atoms with Gasteiger partial charge in [-0.3, -0.25) is 4.57 Å². The zero-order valence-electron chi connectivity index (χ0n) is 28.6. The summed E-state index contributed by atoms with van der Waals surface area (Å²) in [6.45, 7) is 5.08. The fraction of sp³-hybridized carbons (Fsp3) is 1.00. The largest absolute Gasteiger partial charge is 3.00 e. The van der Waals surface area contributed by atoms with Crippen molar-refractivity contribution in [3.8, 4) is 0 Å². The Morgan fingerprint density at radius 1 is 0.357 bits per heavy atom. The zero-order valence-corrected chi connectivity index (χ0v) is 32.7. The van der Waals surface area contributed by atoms with Gasteiger partial charge in [0.05, 0.1) is 13.2 Å². The molecule has 0 unspecified atom stereocenters. The van der Waals surface area contributed by atoms with Crippen LogP contribution in [0.4, 0.5) is 0 Å². The van der Waals surface area contributed by atoms with Crippen molar-refractivity contribution in [1.29, 1.82) is 0 Å². The summed E-state index contributed by atoms with van der Waals surface area (Å²) < 4.78 is 22.0. The van der Waals surface area contributed by atoms with Crippen molar-refractivity contribution in [2.45, 2.75) is 219 Å². The SMILES string of the molecule is CCCCCCCCCCCCCCCCCCOP(=O)([O-])OCCCCCCCCCCCCCCCCCC.[Nd+3]. The van der Waals surface area contributed by atoms with E-state index >= 15 is 0 Å². The summed E-state index contributed by atoms with van der Waals surface area (Å²) in [7, 11) is -4.12. The van der Waals surface area contributed by atoms with Gasteiger partial charge in [0.2, 0.25) is 0 Å². The van der Waals surface area contributed by atoms with Crippen molar-refractivity contribution in [3.63, 3.8) is 0 Å². The van der Waals surface area contributed by atoms with E-state index < -0.39 is 7.82 Å². The number of unbranched alkanes of at least 4 members (excludes halogenated alkanes) is 30. The molecule has 0 saturated carbocycles. The van der Waals surface area contributed by atoms with E-state index in [0.717, 1.165) is 25.7 Å². The summed E-state index contributed by atoms with van der Waals surface area (Å²) in [6, 6.07) is 0. The second-order valence-electron chi connectivity index (χ2n) is 12.7.